The van der Waals surface area contributed by atoms with Crippen LogP contribution in [0.5, 0.6) is 0 Å². The van der Waals surface area contributed by atoms with Crippen molar-refractivity contribution < 1.29 is 13.2 Å². The summed E-state index contributed by atoms with van der Waals surface area (Å²) in [5.74, 6) is -0.0793. The van der Waals surface area contributed by atoms with Crippen LogP contribution >= 0.6 is 11.6 Å². The van der Waals surface area contributed by atoms with Crippen LogP contribution in [0.1, 0.15) is 18.4 Å². The van der Waals surface area contributed by atoms with Gasteiger partial charge in [-0.25, -0.2) is 13.1 Å². The highest BCUT2D eigenvalue weighted by atomic mass is 35.5. The molecule has 0 aliphatic carbocycles. The van der Waals surface area contributed by atoms with Crippen LogP contribution in [-0.4, -0.2) is 27.7 Å². The molecule has 0 saturated carbocycles. The summed E-state index contributed by atoms with van der Waals surface area (Å²) in [4.78, 5) is 0. The van der Waals surface area contributed by atoms with E-state index in [9.17, 15) is 8.42 Å². The molecule has 0 unspecified atom stereocenters. The third kappa shape index (κ3) is 3.95. The van der Waals surface area contributed by atoms with Gasteiger partial charge in [-0.2, -0.15) is 0 Å². The standard InChI is InChI=1S/C12H16ClNO3S/c13-12-4-2-1-3-10(12)9-18(15,16)14-11-5-7-17-8-6-11/h1-4,11,14H,5-9H2. The number of benzene rings is 1. The van der Waals surface area contributed by atoms with E-state index in [-0.39, 0.29) is 11.8 Å². The molecule has 0 spiro atoms. The second-order valence-corrected chi connectivity index (χ2v) is 6.52. The van der Waals surface area contributed by atoms with Crippen molar-refractivity contribution in [1.29, 1.82) is 0 Å². The molecule has 1 N–H and O–H groups in total. The summed E-state index contributed by atoms with van der Waals surface area (Å²) >= 11 is 5.96. The summed E-state index contributed by atoms with van der Waals surface area (Å²) in [6.45, 7) is 1.22. The Bertz CT molecular complexity index is 498. The van der Waals surface area contributed by atoms with Crippen molar-refractivity contribution in [3.8, 4) is 0 Å². The first kappa shape index (κ1) is 13.8. The van der Waals surface area contributed by atoms with Gasteiger partial charge >= 0.3 is 0 Å². The lowest BCUT2D eigenvalue weighted by molar-refractivity contribution is 0.0832. The third-order valence-electron chi connectivity index (χ3n) is 2.87. The van der Waals surface area contributed by atoms with Crippen molar-refractivity contribution in [1.82, 2.24) is 4.72 Å². The average Bonchev–Trinajstić information content (AvgIpc) is 2.32. The van der Waals surface area contributed by atoms with Gasteiger partial charge in [0.25, 0.3) is 0 Å². The molecule has 1 aliphatic heterocycles. The smallest absolute Gasteiger partial charge is 0.216 e. The van der Waals surface area contributed by atoms with Gasteiger partial charge in [0.2, 0.25) is 10.0 Å². The monoisotopic (exact) mass is 289 g/mol. The van der Waals surface area contributed by atoms with Crippen molar-refractivity contribution in [2.75, 3.05) is 13.2 Å². The summed E-state index contributed by atoms with van der Waals surface area (Å²) in [5.41, 5.74) is 0.624. The molecule has 0 atom stereocenters. The number of sulfonamides is 1. The van der Waals surface area contributed by atoms with Gasteiger partial charge in [0.05, 0.1) is 5.75 Å². The molecule has 1 saturated heterocycles. The van der Waals surface area contributed by atoms with E-state index in [1.165, 1.54) is 0 Å². The van der Waals surface area contributed by atoms with E-state index in [0.29, 0.717) is 23.8 Å². The molecular formula is C12H16ClNO3S. The molecule has 1 aromatic rings. The van der Waals surface area contributed by atoms with E-state index in [4.69, 9.17) is 16.3 Å². The second kappa shape index (κ2) is 6.02. The zero-order valence-electron chi connectivity index (χ0n) is 9.93. The van der Waals surface area contributed by atoms with Crippen LogP contribution in [0.4, 0.5) is 0 Å². The minimum atomic E-state index is -3.35. The molecule has 6 heteroatoms. The Morgan fingerprint density at radius 1 is 1.28 bits per heavy atom. The Morgan fingerprint density at radius 2 is 1.94 bits per heavy atom. The summed E-state index contributed by atoms with van der Waals surface area (Å²) in [5, 5.41) is 0.481. The molecule has 1 aromatic carbocycles. The van der Waals surface area contributed by atoms with E-state index in [1.54, 1.807) is 24.3 Å². The van der Waals surface area contributed by atoms with Crippen molar-refractivity contribution in [3.63, 3.8) is 0 Å². The van der Waals surface area contributed by atoms with Crippen LogP contribution in [0.3, 0.4) is 0 Å². The number of halogens is 1. The third-order valence-corrected chi connectivity index (χ3v) is 4.62. The van der Waals surface area contributed by atoms with Crippen molar-refractivity contribution in [2.45, 2.75) is 24.6 Å². The average molecular weight is 290 g/mol. The summed E-state index contributed by atoms with van der Waals surface area (Å²) in [6.07, 6.45) is 1.45. The minimum absolute atomic E-state index is 0.0220. The SMILES string of the molecule is O=S(=O)(Cc1ccccc1Cl)NC1CCOCC1. The second-order valence-electron chi connectivity index (χ2n) is 4.35. The molecule has 1 aliphatic rings. The molecule has 0 bridgehead atoms. The Hall–Kier alpha value is -0.620. The lowest BCUT2D eigenvalue weighted by Crippen LogP contribution is -2.39. The number of rotatable bonds is 4. The maximum Gasteiger partial charge on any atom is 0.216 e. The first-order chi connectivity index (χ1) is 8.57. The predicted octanol–water partition coefficient (Wildman–Crippen LogP) is 1.94. The molecule has 0 amide bonds. The van der Waals surface area contributed by atoms with Gasteiger partial charge in [0, 0.05) is 24.3 Å². The molecule has 1 heterocycles. The van der Waals surface area contributed by atoms with Gasteiger partial charge in [-0.3, -0.25) is 0 Å². The normalized spacial score (nSPS) is 17.8. The highest BCUT2D eigenvalue weighted by Crippen LogP contribution is 2.18. The maximum absolute atomic E-state index is 12.0. The number of nitrogens with one attached hydrogen (secondary N) is 1. The number of hydrogen-bond acceptors (Lipinski definition) is 3. The lowest BCUT2D eigenvalue weighted by atomic mass is 10.1. The van der Waals surface area contributed by atoms with Gasteiger partial charge in [-0.15, -0.1) is 0 Å². The van der Waals surface area contributed by atoms with E-state index in [1.807, 2.05) is 0 Å². The van der Waals surface area contributed by atoms with Gasteiger partial charge in [-0.05, 0) is 24.5 Å². The van der Waals surface area contributed by atoms with Crippen LogP contribution in [0.2, 0.25) is 5.02 Å². The van der Waals surface area contributed by atoms with Crippen LogP contribution in [0.15, 0.2) is 24.3 Å². The highest BCUT2D eigenvalue weighted by Gasteiger charge is 2.21. The highest BCUT2D eigenvalue weighted by molar-refractivity contribution is 7.88. The first-order valence-electron chi connectivity index (χ1n) is 5.88. The fourth-order valence-electron chi connectivity index (χ4n) is 1.93. The lowest BCUT2D eigenvalue weighted by Gasteiger charge is -2.23. The topological polar surface area (TPSA) is 55.4 Å². The Labute approximate surface area is 112 Å². The number of hydrogen-bond donors (Lipinski definition) is 1. The van der Waals surface area contributed by atoms with Crippen molar-refractivity contribution in [3.05, 3.63) is 34.9 Å². The summed E-state index contributed by atoms with van der Waals surface area (Å²) in [6, 6.07) is 6.97. The summed E-state index contributed by atoms with van der Waals surface area (Å²) in [7, 11) is -3.35. The molecule has 18 heavy (non-hydrogen) atoms. The largest absolute Gasteiger partial charge is 0.381 e. The minimum Gasteiger partial charge on any atom is -0.381 e. The molecule has 100 valence electrons. The fraction of sp³-hybridized carbons (Fsp3) is 0.500. The Kier molecular flexibility index (Phi) is 4.61. The van der Waals surface area contributed by atoms with E-state index in [0.717, 1.165) is 12.8 Å². The predicted molar refractivity (Wildman–Crippen MR) is 71.1 cm³/mol. The van der Waals surface area contributed by atoms with Gasteiger partial charge in [0.1, 0.15) is 0 Å². The Balaban J connectivity index is 2.01. The van der Waals surface area contributed by atoms with E-state index < -0.39 is 10.0 Å². The van der Waals surface area contributed by atoms with Gasteiger partial charge in [-0.1, -0.05) is 29.8 Å². The first-order valence-corrected chi connectivity index (χ1v) is 7.91. The Morgan fingerprint density at radius 3 is 2.61 bits per heavy atom. The zero-order chi connectivity index (χ0) is 13.0. The zero-order valence-corrected chi connectivity index (χ0v) is 11.5. The van der Waals surface area contributed by atoms with E-state index in [2.05, 4.69) is 4.72 Å². The van der Waals surface area contributed by atoms with Gasteiger partial charge < -0.3 is 4.74 Å². The van der Waals surface area contributed by atoms with Crippen LogP contribution in [0.25, 0.3) is 0 Å². The van der Waals surface area contributed by atoms with Crippen LogP contribution in [0, 0.1) is 0 Å². The molecular weight excluding hydrogens is 274 g/mol. The molecule has 0 radical (unpaired) electrons. The summed E-state index contributed by atoms with van der Waals surface area (Å²) < 4.78 is 31.9. The fourth-order valence-corrected chi connectivity index (χ4v) is 3.70. The molecule has 4 nitrogen and oxygen atoms in total. The van der Waals surface area contributed by atoms with Crippen molar-refractivity contribution >= 4 is 21.6 Å². The van der Waals surface area contributed by atoms with Crippen LogP contribution < -0.4 is 4.72 Å². The number of ether oxygens (including phenoxy) is 1. The molecule has 0 aromatic heterocycles. The van der Waals surface area contributed by atoms with Crippen molar-refractivity contribution in [2.24, 2.45) is 0 Å². The maximum atomic E-state index is 12.0. The molecule has 1 fully saturated rings. The van der Waals surface area contributed by atoms with Gasteiger partial charge in [0.15, 0.2) is 0 Å². The van der Waals surface area contributed by atoms with Crippen LogP contribution in [-0.2, 0) is 20.5 Å². The van der Waals surface area contributed by atoms with E-state index >= 15 is 0 Å². The molecule has 2 rings (SSSR count). The quantitative estimate of drug-likeness (QED) is 0.921.